The first-order valence-electron chi connectivity index (χ1n) is 19.4. The molecule has 276 valence electrons. The SMILES string of the molecule is CC(C)C[C@@H](CCC(=O)O)C(=O)Nc1ccc2c(c1)[C@@]1(C)CCC[C@](C)(C(=O)NC(=O)[C@@]3(C)CCC[C@]4(C)c5cc(N)ccc5CC[C@@H]34)[C@@H]1CC2. The van der Waals surface area contributed by atoms with Gasteiger partial charge in [-0.1, -0.05) is 66.5 Å². The number of rotatable bonds is 9. The van der Waals surface area contributed by atoms with Crippen molar-refractivity contribution in [3.63, 3.8) is 0 Å². The van der Waals surface area contributed by atoms with E-state index in [4.69, 9.17) is 5.73 Å². The molecule has 3 amide bonds. The number of carbonyl (C=O) groups excluding carboxylic acids is 3. The molecule has 0 aromatic heterocycles. The van der Waals surface area contributed by atoms with E-state index < -0.39 is 16.8 Å². The molecule has 0 unspecified atom stereocenters. The maximum Gasteiger partial charge on any atom is 0.303 e. The van der Waals surface area contributed by atoms with Gasteiger partial charge in [-0.05, 0) is 139 Å². The van der Waals surface area contributed by atoms with Gasteiger partial charge < -0.3 is 16.2 Å². The normalized spacial score (nSPS) is 31.7. The highest BCUT2D eigenvalue weighted by Crippen LogP contribution is 2.59. The molecule has 51 heavy (non-hydrogen) atoms. The topological polar surface area (TPSA) is 139 Å². The van der Waals surface area contributed by atoms with Gasteiger partial charge in [-0.15, -0.1) is 0 Å². The van der Waals surface area contributed by atoms with Crippen molar-refractivity contribution in [1.82, 2.24) is 5.32 Å². The van der Waals surface area contributed by atoms with Crippen LogP contribution in [0.3, 0.4) is 0 Å². The van der Waals surface area contributed by atoms with Gasteiger partial charge in [0.15, 0.2) is 0 Å². The standard InChI is InChI=1S/C43H59N3O5/c1-26(2)23-29(13-18-36(47)48)37(49)45-31-15-10-28-12-17-35-41(4,33(28)25-31)20-8-22-43(35,6)39(51)46-38(50)42(5)21-7-19-40(3)32-24-30(44)14-9-27(32)11-16-34(40)42/h9-10,14-15,24-26,29,34-35H,7-8,11-13,16-23,44H2,1-6H3,(H,45,49)(H,47,48)(H,46,50,51)/t29-,34-,35-,40-,41-,42+,43+/m1/s1. The van der Waals surface area contributed by atoms with Crippen molar-refractivity contribution in [2.75, 3.05) is 11.1 Å². The number of fused-ring (bicyclic) bond motifs is 6. The van der Waals surface area contributed by atoms with Gasteiger partial charge in [0, 0.05) is 23.7 Å². The lowest BCUT2D eigenvalue weighted by atomic mass is 9.49. The Labute approximate surface area is 304 Å². The molecule has 0 aliphatic heterocycles. The highest BCUT2D eigenvalue weighted by molar-refractivity contribution is 6.01. The van der Waals surface area contributed by atoms with Crippen LogP contribution in [-0.2, 0) is 42.8 Å². The number of hydrogen-bond donors (Lipinski definition) is 4. The summed E-state index contributed by atoms with van der Waals surface area (Å²) in [5.41, 5.74) is 10.9. The molecular weight excluding hydrogens is 638 g/mol. The van der Waals surface area contributed by atoms with Crippen LogP contribution >= 0.6 is 0 Å². The van der Waals surface area contributed by atoms with Crippen molar-refractivity contribution < 1.29 is 24.3 Å². The summed E-state index contributed by atoms with van der Waals surface area (Å²) in [5, 5.41) is 15.4. The number of anilines is 2. The Balaban J connectivity index is 1.22. The van der Waals surface area contributed by atoms with Gasteiger partial charge in [-0.2, -0.15) is 0 Å². The number of hydrogen-bond acceptors (Lipinski definition) is 5. The van der Waals surface area contributed by atoms with Crippen molar-refractivity contribution in [2.24, 2.45) is 34.5 Å². The molecule has 5 N–H and O–H groups in total. The van der Waals surface area contributed by atoms with Gasteiger partial charge >= 0.3 is 5.97 Å². The van der Waals surface area contributed by atoms with Crippen molar-refractivity contribution in [3.8, 4) is 0 Å². The summed E-state index contributed by atoms with van der Waals surface area (Å²) in [7, 11) is 0. The molecule has 2 aromatic carbocycles. The van der Waals surface area contributed by atoms with E-state index in [1.54, 1.807) is 0 Å². The molecule has 4 aliphatic rings. The number of benzene rings is 2. The molecule has 0 bridgehead atoms. The largest absolute Gasteiger partial charge is 0.481 e. The average molecular weight is 698 g/mol. The number of carbonyl (C=O) groups is 4. The van der Waals surface area contributed by atoms with E-state index in [1.165, 1.54) is 22.3 Å². The van der Waals surface area contributed by atoms with Crippen LogP contribution in [0.25, 0.3) is 0 Å². The van der Waals surface area contributed by atoms with Crippen LogP contribution in [0.15, 0.2) is 36.4 Å². The third kappa shape index (κ3) is 6.61. The number of nitrogens with two attached hydrogens (primary N) is 1. The summed E-state index contributed by atoms with van der Waals surface area (Å²) in [6.45, 7) is 12.8. The molecule has 0 saturated heterocycles. The number of nitrogens with one attached hydrogen (secondary N) is 2. The molecule has 8 nitrogen and oxygen atoms in total. The number of carboxylic acids is 1. The molecule has 2 fully saturated rings. The third-order valence-corrected chi connectivity index (χ3v) is 14.1. The van der Waals surface area contributed by atoms with Crippen molar-refractivity contribution in [2.45, 2.75) is 136 Å². The van der Waals surface area contributed by atoms with Crippen LogP contribution in [0, 0.1) is 34.5 Å². The maximum absolute atomic E-state index is 14.5. The van der Waals surface area contributed by atoms with Crippen molar-refractivity contribution in [3.05, 3.63) is 58.7 Å². The molecule has 6 rings (SSSR count). The fraction of sp³-hybridized carbons (Fsp3) is 0.628. The van der Waals surface area contributed by atoms with Gasteiger partial charge in [0.1, 0.15) is 0 Å². The predicted molar refractivity (Wildman–Crippen MR) is 201 cm³/mol. The Morgan fingerprint density at radius 1 is 0.804 bits per heavy atom. The highest BCUT2D eigenvalue weighted by Gasteiger charge is 2.58. The summed E-state index contributed by atoms with van der Waals surface area (Å²) >= 11 is 0. The van der Waals surface area contributed by atoms with E-state index in [-0.39, 0.29) is 58.6 Å². The van der Waals surface area contributed by atoms with Gasteiger partial charge in [-0.25, -0.2) is 0 Å². The van der Waals surface area contributed by atoms with Crippen LogP contribution in [0.2, 0.25) is 0 Å². The Morgan fingerprint density at radius 3 is 1.86 bits per heavy atom. The molecule has 2 aromatic rings. The van der Waals surface area contributed by atoms with E-state index in [2.05, 4.69) is 62.6 Å². The number of aryl methyl sites for hydroxylation is 2. The predicted octanol–water partition coefficient (Wildman–Crippen LogP) is 8.10. The quantitative estimate of drug-likeness (QED) is 0.154. The van der Waals surface area contributed by atoms with Crippen molar-refractivity contribution in [1.29, 1.82) is 0 Å². The smallest absolute Gasteiger partial charge is 0.303 e. The highest BCUT2D eigenvalue weighted by atomic mass is 16.4. The van der Waals surface area contributed by atoms with E-state index in [1.807, 2.05) is 26.0 Å². The molecule has 4 aliphatic carbocycles. The van der Waals surface area contributed by atoms with Crippen LogP contribution in [-0.4, -0.2) is 28.8 Å². The maximum atomic E-state index is 14.5. The van der Waals surface area contributed by atoms with Gasteiger partial charge in [0.05, 0.1) is 10.8 Å². The van der Waals surface area contributed by atoms with E-state index in [9.17, 15) is 24.3 Å². The van der Waals surface area contributed by atoms with Crippen LogP contribution in [0.4, 0.5) is 11.4 Å². The Morgan fingerprint density at radius 2 is 1.33 bits per heavy atom. The van der Waals surface area contributed by atoms with Gasteiger partial charge in [0.25, 0.3) is 0 Å². The first kappa shape index (κ1) is 37.1. The number of amides is 3. The number of aliphatic carboxylic acids is 1. The number of imide groups is 1. The molecule has 2 saturated carbocycles. The van der Waals surface area contributed by atoms with E-state index in [0.717, 1.165) is 69.9 Å². The van der Waals surface area contributed by atoms with Crippen molar-refractivity contribution >= 4 is 35.1 Å². The summed E-state index contributed by atoms with van der Waals surface area (Å²) in [6.07, 6.45) is 9.60. The zero-order valence-corrected chi connectivity index (χ0v) is 31.6. The van der Waals surface area contributed by atoms with Crippen LogP contribution < -0.4 is 16.4 Å². The summed E-state index contributed by atoms with van der Waals surface area (Å²) < 4.78 is 0. The fourth-order valence-corrected chi connectivity index (χ4v) is 11.4. The molecule has 0 radical (unpaired) electrons. The monoisotopic (exact) mass is 697 g/mol. The first-order valence-corrected chi connectivity index (χ1v) is 19.4. The van der Waals surface area contributed by atoms with Crippen LogP contribution in [0.5, 0.6) is 0 Å². The van der Waals surface area contributed by atoms with Crippen LogP contribution in [0.1, 0.15) is 134 Å². The van der Waals surface area contributed by atoms with E-state index >= 15 is 0 Å². The lowest BCUT2D eigenvalue weighted by Crippen LogP contribution is -2.60. The molecule has 0 spiro atoms. The minimum Gasteiger partial charge on any atom is -0.481 e. The zero-order valence-electron chi connectivity index (χ0n) is 31.6. The lowest BCUT2D eigenvalue weighted by Gasteiger charge is -2.56. The molecule has 7 atom stereocenters. The Bertz CT molecular complexity index is 1720. The van der Waals surface area contributed by atoms with Gasteiger partial charge in [-0.3, -0.25) is 24.5 Å². The third-order valence-electron chi connectivity index (χ3n) is 14.1. The number of carboxylic acid groups (broad SMARTS) is 1. The lowest BCUT2D eigenvalue weighted by molar-refractivity contribution is -0.150. The fourth-order valence-electron chi connectivity index (χ4n) is 11.4. The summed E-state index contributed by atoms with van der Waals surface area (Å²) in [6, 6.07) is 12.4. The molecule has 8 heteroatoms. The minimum atomic E-state index is -0.896. The Kier molecular flexibility index (Phi) is 9.97. The second kappa shape index (κ2) is 13.7. The van der Waals surface area contributed by atoms with E-state index in [0.29, 0.717) is 18.5 Å². The number of nitrogen functional groups attached to an aromatic ring is 1. The second-order valence-electron chi connectivity index (χ2n) is 17.9. The zero-order chi connectivity index (χ0) is 36.9. The second-order valence-corrected chi connectivity index (χ2v) is 17.9. The van der Waals surface area contributed by atoms with Gasteiger partial charge in [0.2, 0.25) is 17.7 Å². The Hall–Kier alpha value is -3.68. The summed E-state index contributed by atoms with van der Waals surface area (Å²) in [4.78, 5) is 53.7. The average Bonchev–Trinajstić information content (AvgIpc) is 3.06. The molecular formula is C43H59N3O5. The molecule has 0 heterocycles. The minimum absolute atomic E-state index is 0.0308. The summed E-state index contributed by atoms with van der Waals surface area (Å²) in [5.74, 6) is -1.31. The first-order chi connectivity index (χ1) is 24.0.